The number of rotatable bonds is 6. The van der Waals surface area contributed by atoms with E-state index in [9.17, 15) is 13.2 Å². The van der Waals surface area contributed by atoms with Gasteiger partial charge in [0, 0.05) is 42.5 Å². The zero-order valence-electron chi connectivity index (χ0n) is 16.3. The van der Waals surface area contributed by atoms with Crippen LogP contribution in [0.2, 0.25) is 5.02 Å². The summed E-state index contributed by atoms with van der Waals surface area (Å²) in [6, 6.07) is 14.3. The lowest BCUT2D eigenvalue weighted by atomic mass is 10.1. The van der Waals surface area contributed by atoms with E-state index in [4.69, 9.17) is 11.6 Å². The van der Waals surface area contributed by atoms with E-state index in [1.54, 1.807) is 24.3 Å². The average Bonchev–Trinajstić information content (AvgIpc) is 2.71. The molecule has 1 amide bonds. The van der Waals surface area contributed by atoms with Crippen LogP contribution >= 0.6 is 11.6 Å². The van der Waals surface area contributed by atoms with Crippen LogP contribution in [0.1, 0.15) is 10.4 Å². The van der Waals surface area contributed by atoms with Crippen molar-refractivity contribution in [2.75, 3.05) is 48.2 Å². The van der Waals surface area contributed by atoms with Crippen LogP contribution < -0.4 is 9.21 Å². The minimum absolute atomic E-state index is 0.0584. The third-order valence-corrected chi connectivity index (χ3v) is 6.23. The third-order valence-electron chi connectivity index (χ3n) is 4.84. The van der Waals surface area contributed by atoms with E-state index in [-0.39, 0.29) is 12.5 Å². The molecular formula is C21H24ClN3O3S. The second kappa shape index (κ2) is 8.88. The predicted octanol–water partition coefficient (Wildman–Crippen LogP) is 3.25. The molecule has 1 fully saturated rings. The Bertz CT molecular complexity index is 984. The van der Waals surface area contributed by atoms with Crippen LogP contribution in [0.4, 0.5) is 11.4 Å². The Hall–Kier alpha value is -2.51. The van der Waals surface area contributed by atoms with Gasteiger partial charge in [-0.1, -0.05) is 23.7 Å². The predicted molar refractivity (Wildman–Crippen MR) is 118 cm³/mol. The Labute approximate surface area is 177 Å². The molecule has 0 saturated carbocycles. The van der Waals surface area contributed by atoms with Gasteiger partial charge >= 0.3 is 0 Å². The first-order chi connectivity index (χ1) is 13.8. The van der Waals surface area contributed by atoms with Gasteiger partial charge in [0.25, 0.3) is 5.91 Å². The molecule has 8 heteroatoms. The van der Waals surface area contributed by atoms with Crippen molar-refractivity contribution in [1.29, 1.82) is 0 Å². The highest BCUT2D eigenvalue weighted by atomic mass is 35.5. The Morgan fingerprint density at radius 3 is 2.34 bits per heavy atom. The number of hydrogen-bond acceptors (Lipinski definition) is 4. The zero-order chi connectivity index (χ0) is 21.0. The highest BCUT2D eigenvalue weighted by Gasteiger charge is 2.23. The van der Waals surface area contributed by atoms with Crippen LogP contribution in [0.15, 0.2) is 61.2 Å². The lowest BCUT2D eigenvalue weighted by Crippen LogP contribution is -2.48. The van der Waals surface area contributed by atoms with Crippen molar-refractivity contribution < 1.29 is 13.2 Å². The highest BCUT2D eigenvalue weighted by molar-refractivity contribution is 7.92. The summed E-state index contributed by atoms with van der Waals surface area (Å²) in [7, 11) is -3.42. The lowest BCUT2D eigenvalue weighted by Gasteiger charge is -2.36. The second-order valence-electron chi connectivity index (χ2n) is 6.89. The second-order valence-corrected chi connectivity index (χ2v) is 9.23. The van der Waals surface area contributed by atoms with Gasteiger partial charge in [0.2, 0.25) is 10.0 Å². The molecule has 1 aliphatic rings. The van der Waals surface area contributed by atoms with E-state index < -0.39 is 10.0 Å². The van der Waals surface area contributed by atoms with Gasteiger partial charge in [-0.2, -0.15) is 0 Å². The molecule has 29 heavy (non-hydrogen) atoms. The van der Waals surface area contributed by atoms with E-state index >= 15 is 0 Å². The maximum Gasteiger partial charge on any atom is 0.253 e. The molecule has 2 aromatic rings. The first-order valence-corrected chi connectivity index (χ1v) is 11.5. The molecule has 0 unspecified atom stereocenters. The SMILES string of the molecule is C=CCN(c1ccc(C(=O)N2CCN(c3cccc(Cl)c3)CC2)cc1)S(C)(=O)=O. The Balaban J connectivity index is 1.66. The van der Waals surface area contributed by atoms with Crippen molar-refractivity contribution in [3.05, 3.63) is 71.8 Å². The first kappa shape index (κ1) is 21.2. The van der Waals surface area contributed by atoms with Crippen molar-refractivity contribution in [2.45, 2.75) is 0 Å². The summed E-state index contributed by atoms with van der Waals surface area (Å²) < 4.78 is 25.1. The molecule has 2 aromatic carbocycles. The van der Waals surface area contributed by atoms with Crippen LogP contribution in [0, 0.1) is 0 Å². The van der Waals surface area contributed by atoms with Gasteiger partial charge in [0.15, 0.2) is 0 Å². The van der Waals surface area contributed by atoms with Crippen molar-refractivity contribution in [1.82, 2.24) is 4.90 Å². The monoisotopic (exact) mass is 433 g/mol. The van der Waals surface area contributed by atoms with Gasteiger partial charge in [-0.25, -0.2) is 8.42 Å². The number of carbonyl (C=O) groups is 1. The van der Waals surface area contributed by atoms with Crippen molar-refractivity contribution in [2.24, 2.45) is 0 Å². The summed E-state index contributed by atoms with van der Waals surface area (Å²) >= 11 is 6.07. The van der Waals surface area contributed by atoms with E-state index in [0.717, 1.165) is 25.0 Å². The fourth-order valence-corrected chi connectivity index (χ4v) is 4.41. The largest absolute Gasteiger partial charge is 0.368 e. The third kappa shape index (κ3) is 5.10. The van der Waals surface area contributed by atoms with Crippen LogP contribution in [0.3, 0.4) is 0 Å². The zero-order valence-corrected chi connectivity index (χ0v) is 17.9. The summed E-state index contributed by atoms with van der Waals surface area (Å²) in [5.74, 6) is -0.0584. The normalized spacial score (nSPS) is 14.6. The summed E-state index contributed by atoms with van der Waals surface area (Å²) in [5.41, 5.74) is 2.10. The molecule has 1 saturated heterocycles. The van der Waals surface area contributed by atoms with Crippen molar-refractivity contribution in [3.63, 3.8) is 0 Å². The Kier molecular flexibility index (Phi) is 6.49. The van der Waals surface area contributed by atoms with Gasteiger partial charge in [0.05, 0.1) is 18.5 Å². The van der Waals surface area contributed by atoms with E-state index in [0.29, 0.717) is 29.4 Å². The van der Waals surface area contributed by atoms with E-state index in [1.807, 2.05) is 29.2 Å². The standard InChI is InChI=1S/C21H24ClN3O3S/c1-3-11-25(29(2,27)28)19-9-7-17(8-10-19)21(26)24-14-12-23(13-15-24)20-6-4-5-18(22)16-20/h3-10,16H,1,11-15H2,2H3. The molecule has 0 aliphatic carbocycles. The minimum atomic E-state index is -3.42. The van der Waals surface area contributed by atoms with E-state index in [1.165, 1.54) is 10.4 Å². The molecule has 1 aliphatic heterocycles. The molecule has 0 atom stereocenters. The minimum Gasteiger partial charge on any atom is -0.368 e. The fourth-order valence-electron chi connectivity index (χ4n) is 3.34. The molecule has 0 spiro atoms. The maximum atomic E-state index is 12.8. The summed E-state index contributed by atoms with van der Waals surface area (Å²) in [6.45, 7) is 6.45. The van der Waals surface area contributed by atoms with Crippen LogP contribution in [0.5, 0.6) is 0 Å². The molecule has 0 aromatic heterocycles. The fraction of sp³-hybridized carbons (Fsp3) is 0.286. The molecule has 1 heterocycles. The molecule has 0 bridgehead atoms. The number of amides is 1. The molecular weight excluding hydrogens is 410 g/mol. The van der Waals surface area contributed by atoms with Gasteiger partial charge < -0.3 is 9.80 Å². The van der Waals surface area contributed by atoms with Gasteiger partial charge in [-0.05, 0) is 42.5 Å². The van der Waals surface area contributed by atoms with Crippen LogP contribution in [-0.4, -0.2) is 58.2 Å². The Morgan fingerprint density at radius 2 is 1.79 bits per heavy atom. The average molecular weight is 434 g/mol. The van der Waals surface area contributed by atoms with Gasteiger partial charge in [-0.3, -0.25) is 9.10 Å². The van der Waals surface area contributed by atoms with Crippen molar-refractivity contribution in [3.8, 4) is 0 Å². The molecule has 0 N–H and O–H groups in total. The number of benzene rings is 2. The summed E-state index contributed by atoms with van der Waals surface area (Å²) in [6.07, 6.45) is 2.68. The smallest absolute Gasteiger partial charge is 0.253 e. The molecule has 154 valence electrons. The van der Waals surface area contributed by atoms with Crippen LogP contribution in [0.25, 0.3) is 0 Å². The number of sulfonamides is 1. The lowest BCUT2D eigenvalue weighted by molar-refractivity contribution is 0.0747. The van der Waals surface area contributed by atoms with E-state index in [2.05, 4.69) is 11.5 Å². The highest BCUT2D eigenvalue weighted by Crippen LogP contribution is 2.22. The number of hydrogen-bond donors (Lipinski definition) is 0. The maximum absolute atomic E-state index is 12.8. The number of nitrogens with zero attached hydrogens (tertiary/aromatic N) is 3. The quantitative estimate of drug-likeness (QED) is 0.656. The number of halogens is 1. The molecule has 0 radical (unpaired) electrons. The van der Waals surface area contributed by atoms with Crippen molar-refractivity contribution >= 4 is 38.9 Å². The topological polar surface area (TPSA) is 60.9 Å². The van der Waals surface area contributed by atoms with Gasteiger partial charge in [-0.15, -0.1) is 6.58 Å². The first-order valence-electron chi connectivity index (χ1n) is 9.28. The Morgan fingerprint density at radius 1 is 1.14 bits per heavy atom. The summed E-state index contributed by atoms with van der Waals surface area (Å²) in [4.78, 5) is 16.9. The molecule has 6 nitrogen and oxygen atoms in total. The van der Waals surface area contributed by atoms with Crippen LogP contribution in [-0.2, 0) is 10.0 Å². The van der Waals surface area contributed by atoms with Gasteiger partial charge in [0.1, 0.15) is 0 Å². The number of carbonyl (C=O) groups excluding carboxylic acids is 1. The number of anilines is 2. The number of piperazine rings is 1. The summed E-state index contributed by atoms with van der Waals surface area (Å²) in [5, 5.41) is 0.695. The molecule has 3 rings (SSSR count).